The zero-order valence-electron chi connectivity index (χ0n) is 12.2. The molecule has 0 aliphatic heterocycles. The summed E-state index contributed by atoms with van der Waals surface area (Å²) in [5, 5.41) is 3.02. The average molecular weight is 297 g/mol. The third-order valence-electron chi connectivity index (χ3n) is 4.09. The van der Waals surface area contributed by atoms with Crippen molar-refractivity contribution in [3.63, 3.8) is 0 Å². The average Bonchev–Trinajstić information content (AvgIpc) is 2.45. The van der Waals surface area contributed by atoms with E-state index in [-0.39, 0.29) is 23.9 Å². The van der Waals surface area contributed by atoms with Crippen molar-refractivity contribution >= 4 is 18.3 Å². The number of aryl methyl sites for hydroxylation is 1. The lowest BCUT2D eigenvalue weighted by Crippen LogP contribution is -2.51. The number of halogens is 1. The van der Waals surface area contributed by atoms with E-state index in [1.54, 1.807) is 0 Å². The second kappa shape index (κ2) is 7.65. The molecule has 2 rings (SSSR count). The maximum Gasteiger partial charge on any atom is 0.251 e. The molecule has 0 atom stereocenters. The quantitative estimate of drug-likeness (QED) is 0.897. The second-order valence-electron chi connectivity index (χ2n) is 5.62. The van der Waals surface area contributed by atoms with Crippen molar-refractivity contribution in [2.45, 2.75) is 51.0 Å². The Morgan fingerprint density at radius 3 is 2.55 bits per heavy atom. The lowest BCUT2D eigenvalue weighted by Gasteiger charge is -2.33. The lowest BCUT2D eigenvalue weighted by molar-refractivity contribution is 0.0937. The number of hydrogen-bond acceptors (Lipinski definition) is 2. The maximum absolute atomic E-state index is 12.2. The molecule has 1 saturated carbocycles. The van der Waals surface area contributed by atoms with Gasteiger partial charge in [0.2, 0.25) is 0 Å². The second-order valence-corrected chi connectivity index (χ2v) is 5.62. The summed E-state index contributed by atoms with van der Waals surface area (Å²) in [6.07, 6.45) is 6.53. The highest BCUT2D eigenvalue weighted by Gasteiger charge is 2.27. The fraction of sp³-hybridized carbons (Fsp3) is 0.562. The van der Waals surface area contributed by atoms with Gasteiger partial charge in [-0.2, -0.15) is 0 Å². The lowest BCUT2D eigenvalue weighted by atomic mass is 9.82. The number of rotatable bonds is 4. The Morgan fingerprint density at radius 1 is 1.25 bits per heavy atom. The summed E-state index contributed by atoms with van der Waals surface area (Å²) < 4.78 is 0. The van der Waals surface area contributed by atoms with Gasteiger partial charge in [-0.15, -0.1) is 12.4 Å². The molecule has 1 aliphatic carbocycles. The van der Waals surface area contributed by atoms with E-state index in [4.69, 9.17) is 5.73 Å². The third-order valence-corrected chi connectivity index (χ3v) is 4.09. The molecule has 0 heterocycles. The number of benzene rings is 1. The summed E-state index contributed by atoms with van der Waals surface area (Å²) in [7, 11) is 0. The molecule has 0 unspecified atom stereocenters. The van der Waals surface area contributed by atoms with Gasteiger partial charge in [0.1, 0.15) is 0 Å². The summed E-state index contributed by atoms with van der Waals surface area (Å²) in [5.74, 6) is 0.00727. The predicted molar refractivity (Wildman–Crippen MR) is 85.4 cm³/mol. The van der Waals surface area contributed by atoms with Crippen molar-refractivity contribution in [1.29, 1.82) is 0 Å². The molecule has 1 fully saturated rings. The summed E-state index contributed by atoms with van der Waals surface area (Å²) in [5.41, 5.74) is 8.02. The van der Waals surface area contributed by atoms with Crippen LogP contribution in [0.25, 0.3) is 0 Å². The Labute approximate surface area is 127 Å². The highest BCUT2D eigenvalue weighted by atomic mass is 35.5. The minimum atomic E-state index is -0.199. The molecule has 1 aliphatic rings. The van der Waals surface area contributed by atoms with Crippen LogP contribution in [0.3, 0.4) is 0 Å². The van der Waals surface area contributed by atoms with Gasteiger partial charge in [0.25, 0.3) is 5.91 Å². The van der Waals surface area contributed by atoms with Crippen LogP contribution in [-0.2, 0) is 6.42 Å². The number of nitrogens with one attached hydrogen (secondary N) is 1. The molecule has 112 valence electrons. The van der Waals surface area contributed by atoms with E-state index in [1.165, 1.54) is 19.3 Å². The van der Waals surface area contributed by atoms with Gasteiger partial charge in [-0.25, -0.2) is 0 Å². The highest BCUT2D eigenvalue weighted by Crippen LogP contribution is 2.25. The van der Waals surface area contributed by atoms with Crippen LogP contribution in [0.15, 0.2) is 24.3 Å². The van der Waals surface area contributed by atoms with Crippen LogP contribution >= 0.6 is 12.4 Å². The topological polar surface area (TPSA) is 55.1 Å². The van der Waals surface area contributed by atoms with Gasteiger partial charge in [-0.1, -0.05) is 44.4 Å². The maximum atomic E-state index is 12.2. The number of hydrogen-bond donors (Lipinski definition) is 2. The molecule has 1 amide bonds. The van der Waals surface area contributed by atoms with Crippen molar-refractivity contribution in [1.82, 2.24) is 5.32 Å². The van der Waals surface area contributed by atoms with Gasteiger partial charge in [-0.05, 0) is 30.9 Å². The van der Waals surface area contributed by atoms with E-state index in [2.05, 4.69) is 12.2 Å². The zero-order chi connectivity index (χ0) is 13.7. The van der Waals surface area contributed by atoms with Crippen LogP contribution in [0.2, 0.25) is 0 Å². The van der Waals surface area contributed by atoms with Crippen molar-refractivity contribution < 1.29 is 4.79 Å². The molecule has 0 radical (unpaired) electrons. The van der Waals surface area contributed by atoms with Gasteiger partial charge in [0.15, 0.2) is 0 Å². The molecule has 0 bridgehead atoms. The summed E-state index contributed by atoms with van der Waals surface area (Å²) in [4.78, 5) is 12.2. The van der Waals surface area contributed by atoms with Crippen LogP contribution in [0, 0.1) is 0 Å². The van der Waals surface area contributed by atoms with Crippen LogP contribution in [0.1, 0.15) is 54.9 Å². The fourth-order valence-corrected chi connectivity index (χ4v) is 2.83. The fourth-order valence-electron chi connectivity index (χ4n) is 2.83. The molecule has 3 nitrogen and oxygen atoms in total. The van der Waals surface area contributed by atoms with E-state index < -0.39 is 0 Å². The molecular formula is C16H25ClN2O. The van der Waals surface area contributed by atoms with E-state index in [0.29, 0.717) is 6.54 Å². The van der Waals surface area contributed by atoms with Crippen molar-refractivity contribution in [2.75, 3.05) is 6.54 Å². The standard InChI is InChI=1S/C16H24N2O.ClH/c1-2-13-8-4-5-9-14(13)15(19)18-12-16(17)10-6-3-7-11-16;/h4-5,8-9H,2-3,6-7,10-12,17H2,1H3,(H,18,19);1H. The molecule has 4 heteroatoms. The third kappa shape index (κ3) is 4.22. The van der Waals surface area contributed by atoms with Crippen LogP contribution in [0.5, 0.6) is 0 Å². The number of carbonyl (C=O) groups excluding carboxylic acids is 1. The Kier molecular flexibility index (Phi) is 6.50. The van der Waals surface area contributed by atoms with E-state index in [0.717, 1.165) is 30.4 Å². The van der Waals surface area contributed by atoms with Gasteiger partial charge in [-0.3, -0.25) is 4.79 Å². The van der Waals surface area contributed by atoms with E-state index in [1.807, 2.05) is 24.3 Å². The van der Waals surface area contributed by atoms with Crippen molar-refractivity contribution in [2.24, 2.45) is 5.73 Å². The molecular weight excluding hydrogens is 272 g/mol. The normalized spacial score (nSPS) is 17.1. The highest BCUT2D eigenvalue weighted by molar-refractivity contribution is 5.95. The van der Waals surface area contributed by atoms with Crippen LogP contribution in [-0.4, -0.2) is 18.0 Å². The summed E-state index contributed by atoms with van der Waals surface area (Å²) in [6, 6.07) is 7.78. The molecule has 20 heavy (non-hydrogen) atoms. The summed E-state index contributed by atoms with van der Waals surface area (Å²) in [6.45, 7) is 2.65. The molecule has 0 spiro atoms. The first-order valence-corrected chi connectivity index (χ1v) is 7.30. The Balaban J connectivity index is 0.00000200. The molecule has 0 saturated heterocycles. The van der Waals surface area contributed by atoms with Gasteiger partial charge in [0.05, 0.1) is 0 Å². The predicted octanol–water partition coefficient (Wildman–Crippen LogP) is 3.06. The first-order valence-electron chi connectivity index (χ1n) is 7.30. The molecule has 1 aromatic rings. The smallest absolute Gasteiger partial charge is 0.251 e. The Hall–Kier alpha value is -1.06. The zero-order valence-corrected chi connectivity index (χ0v) is 13.0. The summed E-state index contributed by atoms with van der Waals surface area (Å²) >= 11 is 0. The SMILES string of the molecule is CCc1ccccc1C(=O)NCC1(N)CCCCC1.Cl. The molecule has 1 aromatic carbocycles. The first-order chi connectivity index (χ1) is 9.14. The Bertz CT molecular complexity index is 442. The number of nitrogens with two attached hydrogens (primary N) is 1. The first kappa shape index (κ1) is 17.0. The van der Waals surface area contributed by atoms with Gasteiger partial charge >= 0.3 is 0 Å². The van der Waals surface area contributed by atoms with Gasteiger partial charge in [0, 0.05) is 17.6 Å². The Morgan fingerprint density at radius 2 is 1.90 bits per heavy atom. The van der Waals surface area contributed by atoms with Crippen molar-refractivity contribution in [3.8, 4) is 0 Å². The van der Waals surface area contributed by atoms with E-state index in [9.17, 15) is 4.79 Å². The van der Waals surface area contributed by atoms with E-state index >= 15 is 0 Å². The number of carbonyl (C=O) groups is 1. The van der Waals surface area contributed by atoms with Crippen molar-refractivity contribution in [3.05, 3.63) is 35.4 Å². The number of amides is 1. The monoisotopic (exact) mass is 296 g/mol. The van der Waals surface area contributed by atoms with Crippen LogP contribution in [0.4, 0.5) is 0 Å². The minimum Gasteiger partial charge on any atom is -0.350 e. The van der Waals surface area contributed by atoms with Gasteiger partial charge < -0.3 is 11.1 Å². The molecule has 0 aromatic heterocycles. The molecule has 3 N–H and O–H groups in total. The van der Waals surface area contributed by atoms with Crippen LogP contribution < -0.4 is 11.1 Å². The minimum absolute atomic E-state index is 0. The largest absolute Gasteiger partial charge is 0.350 e.